The Morgan fingerprint density at radius 3 is 2.56 bits per heavy atom. The lowest BCUT2D eigenvalue weighted by Gasteiger charge is -2.28. The van der Waals surface area contributed by atoms with Crippen molar-refractivity contribution in [3.63, 3.8) is 0 Å². The molecule has 0 aromatic rings. The molecule has 1 heterocycles. The highest BCUT2D eigenvalue weighted by atomic mass is 16.9. The van der Waals surface area contributed by atoms with Crippen molar-refractivity contribution in [1.29, 1.82) is 0 Å². The van der Waals surface area contributed by atoms with Gasteiger partial charge in [-0.05, 0) is 13.3 Å². The molecule has 0 amide bonds. The average molecular weight is 232 g/mol. The smallest absolute Gasteiger partial charge is 0.434 e. The minimum Gasteiger partial charge on any atom is -0.434 e. The molecule has 0 spiro atoms. The molecule has 16 heavy (non-hydrogen) atoms. The Morgan fingerprint density at radius 2 is 2.00 bits per heavy atom. The van der Waals surface area contributed by atoms with E-state index in [1.807, 2.05) is 0 Å². The second-order valence-corrected chi connectivity index (χ2v) is 3.76. The zero-order valence-electron chi connectivity index (χ0n) is 9.94. The van der Waals surface area contributed by atoms with Gasteiger partial charge in [-0.1, -0.05) is 19.8 Å². The third-order valence-electron chi connectivity index (χ3n) is 2.36. The molecular weight excluding hydrogens is 212 g/mol. The summed E-state index contributed by atoms with van der Waals surface area (Å²) in [7, 11) is 0. The number of hydrogen-bond donors (Lipinski definition) is 0. The maximum Gasteiger partial charge on any atom is 0.512 e. The van der Waals surface area contributed by atoms with Crippen LogP contribution in [-0.2, 0) is 18.9 Å². The first-order chi connectivity index (χ1) is 7.76. The Morgan fingerprint density at radius 1 is 1.31 bits per heavy atom. The standard InChI is InChI=1S/C11H20O5/c1-3-5-6-9-7-14-11(15-8-9)16-10(12)13-4-2/h9,11H,3-8H2,1-2H3. The van der Waals surface area contributed by atoms with E-state index in [2.05, 4.69) is 11.7 Å². The van der Waals surface area contributed by atoms with Crippen LogP contribution in [0.2, 0.25) is 0 Å². The number of carbonyl (C=O) groups is 1. The first kappa shape index (κ1) is 13.3. The van der Waals surface area contributed by atoms with Crippen LogP contribution in [0.4, 0.5) is 4.79 Å². The molecule has 0 unspecified atom stereocenters. The number of ether oxygens (including phenoxy) is 4. The van der Waals surface area contributed by atoms with Crippen LogP contribution < -0.4 is 0 Å². The van der Waals surface area contributed by atoms with Crippen LogP contribution in [0.15, 0.2) is 0 Å². The summed E-state index contributed by atoms with van der Waals surface area (Å²) in [5.41, 5.74) is 0. The van der Waals surface area contributed by atoms with Crippen molar-refractivity contribution in [3.8, 4) is 0 Å². The lowest BCUT2D eigenvalue weighted by atomic mass is 10.0. The first-order valence-corrected chi connectivity index (χ1v) is 5.82. The molecule has 1 aliphatic heterocycles. The summed E-state index contributed by atoms with van der Waals surface area (Å²) in [4.78, 5) is 11.0. The molecule has 0 aliphatic carbocycles. The lowest BCUT2D eigenvalue weighted by molar-refractivity contribution is -0.304. The summed E-state index contributed by atoms with van der Waals surface area (Å²) in [5, 5.41) is 0. The number of carbonyl (C=O) groups excluding carboxylic acids is 1. The zero-order valence-corrected chi connectivity index (χ0v) is 9.94. The number of rotatable bonds is 5. The molecule has 5 heteroatoms. The van der Waals surface area contributed by atoms with Crippen molar-refractivity contribution in [3.05, 3.63) is 0 Å². The summed E-state index contributed by atoms with van der Waals surface area (Å²) in [6.45, 7) is 4.39. The van der Waals surface area contributed by atoms with Gasteiger partial charge in [-0.3, -0.25) is 0 Å². The van der Waals surface area contributed by atoms with Gasteiger partial charge in [-0.15, -0.1) is 0 Å². The van der Waals surface area contributed by atoms with E-state index in [1.54, 1.807) is 6.92 Å². The van der Waals surface area contributed by atoms with Crippen LogP contribution >= 0.6 is 0 Å². The Balaban J connectivity index is 2.14. The molecule has 1 rings (SSSR count). The third-order valence-corrected chi connectivity index (χ3v) is 2.36. The highest BCUT2D eigenvalue weighted by Crippen LogP contribution is 2.17. The first-order valence-electron chi connectivity index (χ1n) is 5.82. The normalized spacial score (nSPS) is 25.1. The van der Waals surface area contributed by atoms with E-state index in [9.17, 15) is 4.79 Å². The largest absolute Gasteiger partial charge is 0.512 e. The van der Waals surface area contributed by atoms with E-state index in [-0.39, 0.29) is 6.61 Å². The molecule has 5 nitrogen and oxygen atoms in total. The van der Waals surface area contributed by atoms with E-state index >= 15 is 0 Å². The maximum atomic E-state index is 11.0. The molecule has 1 saturated heterocycles. The highest BCUT2D eigenvalue weighted by Gasteiger charge is 2.25. The van der Waals surface area contributed by atoms with E-state index in [4.69, 9.17) is 14.2 Å². The van der Waals surface area contributed by atoms with E-state index in [1.165, 1.54) is 12.8 Å². The molecule has 1 fully saturated rings. The third kappa shape index (κ3) is 4.81. The van der Waals surface area contributed by atoms with Crippen LogP contribution in [0.5, 0.6) is 0 Å². The topological polar surface area (TPSA) is 54.0 Å². The lowest BCUT2D eigenvalue weighted by Crippen LogP contribution is -2.35. The fraction of sp³-hybridized carbons (Fsp3) is 0.909. The number of unbranched alkanes of at least 4 members (excludes halogenated alkanes) is 1. The van der Waals surface area contributed by atoms with E-state index in [0.29, 0.717) is 19.1 Å². The summed E-state index contributed by atoms with van der Waals surface area (Å²) in [5.74, 6) is 0.405. The van der Waals surface area contributed by atoms with Gasteiger partial charge in [0.2, 0.25) is 0 Å². The zero-order chi connectivity index (χ0) is 11.8. The predicted octanol–water partition coefficient (Wildman–Crippen LogP) is 2.30. The minimum atomic E-state index is -0.906. The van der Waals surface area contributed by atoms with Crippen molar-refractivity contribution in [2.24, 2.45) is 5.92 Å². The van der Waals surface area contributed by atoms with Gasteiger partial charge in [0.1, 0.15) is 0 Å². The van der Waals surface area contributed by atoms with Gasteiger partial charge >= 0.3 is 12.6 Å². The van der Waals surface area contributed by atoms with Gasteiger partial charge in [0, 0.05) is 5.92 Å². The van der Waals surface area contributed by atoms with Crippen molar-refractivity contribution in [2.75, 3.05) is 19.8 Å². The van der Waals surface area contributed by atoms with Crippen LogP contribution in [0.3, 0.4) is 0 Å². The molecule has 0 bridgehead atoms. The Hall–Kier alpha value is -0.810. The summed E-state index contributed by atoms with van der Waals surface area (Å²) in [6.07, 6.45) is 2.67. The molecule has 0 aromatic carbocycles. The van der Waals surface area contributed by atoms with E-state index in [0.717, 1.165) is 6.42 Å². The molecule has 1 aliphatic rings. The maximum absolute atomic E-state index is 11.0. The van der Waals surface area contributed by atoms with Gasteiger partial charge in [0.05, 0.1) is 19.8 Å². The van der Waals surface area contributed by atoms with Crippen LogP contribution in [-0.4, -0.2) is 32.5 Å². The molecule has 0 N–H and O–H groups in total. The Labute approximate surface area is 96.0 Å². The Kier molecular flexibility index (Phi) is 6.18. The van der Waals surface area contributed by atoms with Crippen molar-refractivity contribution in [2.45, 2.75) is 39.6 Å². The van der Waals surface area contributed by atoms with Crippen LogP contribution in [0.1, 0.15) is 33.1 Å². The summed E-state index contributed by atoms with van der Waals surface area (Å²) >= 11 is 0. The fourth-order valence-electron chi connectivity index (χ4n) is 1.48. The molecule has 94 valence electrons. The van der Waals surface area contributed by atoms with Gasteiger partial charge in [0.15, 0.2) is 0 Å². The SMILES string of the molecule is CCCCC1COC(OC(=O)OCC)OC1. The van der Waals surface area contributed by atoms with E-state index < -0.39 is 12.6 Å². The fourth-order valence-corrected chi connectivity index (χ4v) is 1.48. The summed E-state index contributed by atoms with van der Waals surface area (Å²) in [6, 6.07) is 0. The molecule has 0 saturated carbocycles. The van der Waals surface area contributed by atoms with Crippen molar-refractivity contribution >= 4 is 6.16 Å². The van der Waals surface area contributed by atoms with Crippen molar-refractivity contribution in [1.82, 2.24) is 0 Å². The molecular formula is C11H20O5. The van der Waals surface area contributed by atoms with Crippen LogP contribution in [0, 0.1) is 5.92 Å². The van der Waals surface area contributed by atoms with Gasteiger partial charge in [0.25, 0.3) is 0 Å². The molecule has 0 atom stereocenters. The highest BCUT2D eigenvalue weighted by molar-refractivity contribution is 5.59. The minimum absolute atomic E-state index is 0.282. The summed E-state index contributed by atoms with van der Waals surface area (Å²) < 4.78 is 19.9. The second kappa shape index (κ2) is 7.46. The average Bonchev–Trinajstić information content (AvgIpc) is 2.28. The molecule has 0 aromatic heterocycles. The second-order valence-electron chi connectivity index (χ2n) is 3.76. The van der Waals surface area contributed by atoms with Gasteiger partial charge in [-0.2, -0.15) is 0 Å². The van der Waals surface area contributed by atoms with Gasteiger partial charge < -0.3 is 18.9 Å². The van der Waals surface area contributed by atoms with Crippen LogP contribution in [0.25, 0.3) is 0 Å². The molecule has 0 radical (unpaired) electrons. The predicted molar refractivity (Wildman–Crippen MR) is 56.8 cm³/mol. The number of hydrogen-bond acceptors (Lipinski definition) is 5. The quantitative estimate of drug-likeness (QED) is 0.681. The monoisotopic (exact) mass is 232 g/mol. The van der Waals surface area contributed by atoms with Crippen molar-refractivity contribution < 1.29 is 23.7 Å². The Bertz CT molecular complexity index is 199. The van der Waals surface area contributed by atoms with Gasteiger partial charge in [-0.25, -0.2) is 4.79 Å².